The molecule has 0 aromatic heterocycles. The summed E-state index contributed by atoms with van der Waals surface area (Å²) in [5.74, 6) is -1.60. The zero-order chi connectivity index (χ0) is 21.5. The molecule has 1 aromatic carbocycles. The van der Waals surface area contributed by atoms with Crippen molar-refractivity contribution in [2.75, 3.05) is 24.6 Å². The van der Waals surface area contributed by atoms with Gasteiger partial charge in [-0.1, -0.05) is 19.3 Å². The highest BCUT2D eigenvalue weighted by Crippen LogP contribution is 2.29. The van der Waals surface area contributed by atoms with Gasteiger partial charge in [-0.05, 0) is 31.7 Å². The average molecular weight is 418 g/mol. The molecular formula is C20H26N4O6. The van der Waals surface area contributed by atoms with Crippen molar-refractivity contribution in [2.45, 2.75) is 51.0 Å². The number of hydrogen-bond acceptors (Lipinski definition) is 7. The fourth-order valence-corrected chi connectivity index (χ4v) is 3.87. The Hall–Kier alpha value is -3.17. The van der Waals surface area contributed by atoms with Gasteiger partial charge in [-0.15, -0.1) is 0 Å². The van der Waals surface area contributed by atoms with Gasteiger partial charge in [0.2, 0.25) is 0 Å². The summed E-state index contributed by atoms with van der Waals surface area (Å²) >= 11 is 0. The second-order valence-electron chi connectivity index (χ2n) is 7.59. The Balaban J connectivity index is 1.57. The van der Waals surface area contributed by atoms with Crippen molar-refractivity contribution in [1.82, 2.24) is 10.6 Å². The van der Waals surface area contributed by atoms with Crippen LogP contribution >= 0.6 is 0 Å². The maximum Gasteiger partial charge on any atom is 0.341 e. The summed E-state index contributed by atoms with van der Waals surface area (Å²) in [4.78, 5) is 48.9. The van der Waals surface area contributed by atoms with Gasteiger partial charge in [0.25, 0.3) is 11.6 Å². The van der Waals surface area contributed by atoms with Crippen molar-refractivity contribution in [2.24, 2.45) is 0 Å². The van der Waals surface area contributed by atoms with E-state index in [1.807, 2.05) is 4.90 Å². The summed E-state index contributed by atoms with van der Waals surface area (Å²) in [5, 5.41) is 16.0. The van der Waals surface area contributed by atoms with E-state index in [1.54, 1.807) is 0 Å². The second-order valence-corrected chi connectivity index (χ2v) is 7.59. The van der Waals surface area contributed by atoms with Crippen LogP contribution in [0, 0.1) is 10.1 Å². The predicted octanol–water partition coefficient (Wildman–Crippen LogP) is 2.51. The van der Waals surface area contributed by atoms with Crippen LogP contribution in [0.3, 0.4) is 0 Å². The first-order valence-corrected chi connectivity index (χ1v) is 10.2. The molecule has 3 amide bonds. The van der Waals surface area contributed by atoms with Crippen LogP contribution in [-0.2, 0) is 9.53 Å². The van der Waals surface area contributed by atoms with E-state index in [9.17, 15) is 24.5 Å². The van der Waals surface area contributed by atoms with Gasteiger partial charge in [-0.3, -0.25) is 20.2 Å². The molecule has 0 spiro atoms. The van der Waals surface area contributed by atoms with Gasteiger partial charge in [-0.2, -0.15) is 0 Å². The molecule has 30 heavy (non-hydrogen) atoms. The molecule has 1 heterocycles. The van der Waals surface area contributed by atoms with Crippen LogP contribution in [0.5, 0.6) is 0 Å². The van der Waals surface area contributed by atoms with Gasteiger partial charge in [0.15, 0.2) is 6.61 Å². The number of carbonyl (C=O) groups is 3. The van der Waals surface area contributed by atoms with Gasteiger partial charge in [0, 0.05) is 31.3 Å². The van der Waals surface area contributed by atoms with Crippen LogP contribution < -0.4 is 15.5 Å². The minimum Gasteiger partial charge on any atom is -0.452 e. The second kappa shape index (κ2) is 10.0. The normalized spacial score (nSPS) is 16.7. The molecule has 0 atom stereocenters. The molecule has 1 aromatic rings. The quantitative estimate of drug-likeness (QED) is 0.412. The van der Waals surface area contributed by atoms with Crippen molar-refractivity contribution in [3.05, 3.63) is 33.9 Å². The van der Waals surface area contributed by atoms with Gasteiger partial charge in [-0.25, -0.2) is 9.59 Å². The summed E-state index contributed by atoms with van der Waals surface area (Å²) in [5.41, 5.74) is 0.338. The highest BCUT2D eigenvalue weighted by Gasteiger charge is 2.24. The summed E-state index contributed by atoms with van der Waals surface area (Å²) in [6.45, 7) is 0.818. The SMILES string of the molecule is O=C(COC(=O)c1cc([N+](=O)[O-])ccc1N1CCCC1)NC(=O)NC1CCCCC1. The smallest absolute Gasteiger partial charge is 0.341 e. The number of nitrogens with one attached hydrogen (secondary N) is 2. The monoisotopic (exact) mass is 418 g/mol. The Labute approximate surface area is 174 Å². The molecule has 2 fully saturated rings. The molecule has 1 aliphatic heterocycles. The molecule has 1 saturated heterocycles. The molecule has 1 saturated carbocycles. The molecule has 0 bridgehead atoms. The lowest BCUT2D eigenvalue weighted by molar-refractivity contribution is -0.384. The van der Waals surface area contributed by atoms with E-state index in [0.29, 0.717) is 5.69 Å². The number of amides is 3. The van der Waals surface area contributed by atoms with Gasteiger partial charge in [0.05, 0.1) is 16.2 Å². The van der Waals surface area contributed by atoms with E-state index < -0.39 is 29.4 Å². The number of non-ortho nitro benzene ring substituents is 1. The Morgan fingerprint density at radius 3 is 2.47 bits per heavy atom. The molecule has 2 aliphatic rings. The van der Waals surface area contributed by atoms with Crippen LogP contribution in [0.25, 0.3) is 0 Å². The maximum absolute atomic E-state index is 12.6. The summed E-state index contributed by atoms with van der Waals surface area (Å²) < 4.78 is 5.04. The first-order valence-electron chi connectivity index (χ1n) is 10.2. The topological polar surface area (TPSA) is 131 Å². The van der Waals surface area contributed by atoms with Crippen LogP contribution in [-0.4, -0.2) is 48.6 Å². The van der Waals surface area contributed by atoms with E-state index >= 15 is 0 Å². The Kier molecular flexibility index (Phi) is 7.21. The lowest BCUT2D eigenvalue weighted by Crippen LogP contribution is -2.46. The molecule has 2 N–H and O–H groups in total. The third kappa shape index (κ3) is 5.68. The molecule has 3 rings (SSSR count). The summed E-state index contributed by atoms with van der Waals surface area (Å²) in [6.07, 6.45) is 6.91. The van der Waals surface area contributed by atoms with Crippen molar-refractivity contribution >= 4 is 29.3 Å². The predicted molar refractivity (Wildman–Crippen MR) is 108 cm³/mol. The van der Waals surface area contributed by atoms with E-state index in [2.05, 4.69) is 10.6 Å². The Morgan fingerprint density at radius 2 is 1.80 bits per heavy atom. The van der Waals surface area contributed by atoms with Gasteiger partial charge in [0.1, 0.15) is 0 Å². The van der Waals surface area contributed by atoms with E-state index in [4.69, 9.17) is 4.74 Å². The van der Waals surface area contributed by atoms with E-state index in [-0.39, 0.29) is 17.3 Å². The van der Waals surface area contributed by atoms with Gasteiger partial charge < -0.3 is 15.0 Å². The molecular weight excluding hydrogens is 392 g/mol. The zero-order valence-electron chi connectivity index (χ0n) is 16.7. The fraction of sp³-hybridized carbons (Fsp3) is 0.550. The average Bonchev–Trinajstić information content (AvgIpc) is 3.27. The van der Waals surface area contributed by atoms with Crippen LogP contribution in [0.4, 0.5) is 16.2 Å². The highest BCUT2D eigenvalue weighted by atomic mass is 16.6. The number of nitro benzene ring substituents is 1. The summed E-state index contributed by atoms with van der Waals surface area (Å²) in [7, 11) is 0. The zero-order valence-corrected chi connectivity index (χ0v) is 16.7. The number of imide groups is 1. The molecule has 1 aliphatic carbocycles. The number of hydrogen-bond donors (Lipinski definition) is 2. The molecule has 0 unspecified atom stereocenters. The molecule has 10 nitrogen and oxygen atoms in total. The number of esters is 1. The van der Waals surface area contributed by atoms with Gasteiger partial charge >= 0.3 is 12.0 Å². The molecule has 10 heteroatoms. The minimum absolute atomic E-state index is 0.0329. The number of anilines is 1. The minimum atomic E-state index is -0.844. The number of benzene rings is 1. The molecule has 0 radical (unpaired) electrons. The number of nitrogens with zero attached hydrogens (tertiary/aromatic N) is 2. The maximum atomic E-state index is 12.6. The molecule has 162 valence electrons. The van der Waals surface area contributed by atoms with Crippen LogP contribution in [0.1, 0.15) is 55.3 Å². The number of urea groups is 1. The van der Waals surface area contributed by atoms with Crippen LogP contribution in [0.15, 0.2) is 18.2 Å². The van der Waals surface area contributed by atoms with Crippen molar-refractivity contribution in [3.63, 3.8) is 0 Å². The first kappa shape index (κ1) is 21.5. The number of carbonyl (C=O) groups excluding carboxylic acids is 3. The largest absolute Gasteiger partial charge is 0.452 e. The first-order chi connectivity index (χ1) is 14.4. The van der Waals surface area contributed by atoms with Crippen molar-refractivity contribution in [1.29, 1.82) is 0 Å². The van der Waals surface area contributed by atoms with Crippen molar-refractivity contribution in [3.8, 4) is 0 Å². The lowest BCUT2D eigenvalue weighted by atomic mass is 9.96. The Bertz CT molecular complexity index is 816. The third-order valence-electron chi connectivity index (χ3n) is 5.39. The van der Waals surface area contributed by atoms with Crippen molar-refractivity contribution < 1.29 is 24.0 Å². The fourth-order valence-electron chi connectivity index (χ4n) is 3.87. The lowest BCUT2D eigenvalue weighted by Gasteiger charge is -2.22. The Morgan fingerprint density at radius 1 is 1.10 bits per heavy atom. The highest BCUT2D eigenvalue weighted by molar-refractivity contribution is 5.99. The summed E-state index contributed by atoms with van der Waals surface area (Å²) in [6, 6.07) is 3.45. The van der Waals surface area contributed by atoms with Crippen LogP contribution in [0.2, 0.25) is 0 Å². The van der Waals surface area contributed by atoms with E-state index in [1.165, 1.54) is 12.1 Å². The number of rotatable bonds is 6. The number of ether oxygens (including phenoxy) is 1. The number of nitro groups is 1. The third-order valence-corrected chi connectivity index (χ3v) is 5.39. The van der Waals surface area contributed by atoms with E-state index in [0.717, 1.165) is 64.1 Å². The standard InChI is InChI=1S/C20H26N4O6/c25-18(22-20(27)21-14-6-2-1-3-7-14)13-30-19(26)16-12-15(24(28)29)8-9-17(16)23-10-4-5-11-23/h8-9,12,14H,1-7,10-11,13H2,(H2,21,22,25,27).